The third-order valence-corrected chi connectivity index (χ3v) is 3.40. The number of ether oxygens (including phenoxy) is 1. The van der Waals surface area contributed by atoms with E-state index in [9.17, 15) is 4.79 Å². The lowest BCUT2D eigenvalue weighted by molar-refractivity contribution is -0.107. The summed E-state index contributed by atoms with van der Waals surface area (Å²) < 4.78 is 11.6. The molecule has 0 aliphatic rings. The lowest BCUT2D eigenvalue weighted by Gasteiger charge is -2.07. The number of carbonyl (C=O) groups is 1. The second-order valence-electron chi connectivity index (χ2n) is 3.42. The largest absolute Gasteiger partial charge is 0.493 e. The highest BCUT2D eigenvalue weighted by Gasteiger charge is 2.12. The molecule has 4 heteroatoms. The standard InChI is InChI=1S/C12H11BrO3/c1-15-10-7-8(3-2-5-14)11(13)9-4-6-16-12(9)10/h4-7H,2-3H2,1H3. The fourth-order valence-electron chi connectivity index (χ4n) is 1.68. The van der Waals surface area contributed by atoms with Crippen molar-refractivity contribution in [3.63, 3.8) is 0 Å². The SMILES string of the molecule is COc1cc(CCC=O)c(Br)c2ccoc12. The Labute approximate surface area is 102 Å². The molecule has 0 atom stereocenters. The minimum atomic E-state index is 0.505. The number of fused-ring (bicyclic) bond motifs is 1. The van der Waals surface area contributed by atoms with Gasteiger partial charge in [-0.3, -0.25) is 0 Å². The minimum absolute atomic E-state index is 0.505. The molecule has 0 amide bonds. The Bertz CT molecular complexity index is 516. The van der Waals surface area contributed by atoms with Crippen molar-refractivity contribution in [3.8, 4) is 5.75 Å². The molecule has 0 unspecified atom stereocenters. The number of carbonyl (C=O) groups excluding carboxylic acids is 1. The summed E-state index contributed by atoms with van der Waals surface area (Å²) in [5.41, 5.74) is 1.78. The molecule has 0 aliphatic heterocycles. The Balaban J connectivity index is 2.56. The maximum Gasteiger partial charge on any atom is 0.176 e. The summed E-state index contributed by atoms with van der Waals surface area (Å²) in [5.74, 6) is 0.698. The lowest BCUT2D eigenvalue weighted by atomic mass is 10.1. The van der Waals surface area contributed by atoms with Gasteiger partial charge in [0.25, 0.3) is 0 Å². The number of rotatable bonds is 4. The van der Waals surface area contributed by atoms with E-state index in [1.165, 1.54) is 0 Å². The molecule has 0 N–H and O–H groups in total. The van der Waals surface area contributed by atoms with Crippen molar-refractivity contribution in [2.45, 2.75) is 12.8 Å². The highest BCUT2D eigenvalue weighted by molar-refractivity contribution is 9.10. The van der Waals surface area contributed by atoms with E-state index in [4.69, 9.17) is 9.15 Å². The van der Waals surface area contributed by atoms with Crippen molar-refractivity contribution in [1.29, 1.82) is 0 Å². The summed E-state index contributed by atoms with van der Waals surface area (Å²) >= 11 is 3.52. The predicted octanol–water partition coefficient (Wildman–Crippen LogP) is 3.34. The molecule has 0 radical (unpaired) electrons. The molecule has 84 valence electrons. The quantitative estimate of drug-likeness (QED) is 0.808. The van der Waals surface area contributed by atoms with E-state index in [1.807, 2.05) is 12.1 Å². The molecule has 1 aromatic heterocycles. The van der Waals surface area contributed by atoms with Gasteiger partial charge in [-0.15, -0.1) is 0 Å². The van der Waals surface area contributed by atoms with Crippen LogP contribution in [0.4, 0.5) is 0 Å². The first-order chi connectivity index (χ1) is 7.77. The number of halogens is 1. The Morgan fingerprint density at radius 3 is 3.06 bits per heavy atom. The number of furan rings is 1. The van der Waals surface area contributed by atoms with Gasteiger partial charge in [-0.2, -0.15) is 0 Å². The minimum Gasteiger partial charge on any atom is -0.493 e. The molecule has 0 saturated carbocycles. The van der Waals surface area contributed by atoms with Gasteiger partial charge >= 0.3 is 0 Å². The zero-order valence-corrected chi connectivity index (χ0v) is 10.4. The molecule has 2 rings (SSSR count). The normalized spacial score (nSPS) is 10.6. The number of hydrogen-bond donors (Lipinski definition) is 0. The summed E-state index contributed by atoms with van der Waals surface area (Å²) in [6, 6.07) is 3.78. The van der Waals surface area contributed by atoms with Gasteiger partial charge in [-0.1, -0.05) is 0 Å². The number of methoxy groups -OCH3 is 1. The van der Waals surface area contributed by atoms with E-state index in [-0.39, 0.29) is 0 Å². The van der Waals surface area contributed by atoms with Crippen molar-refractivity contribution in [2.24, 2.45) is 0 Å². The van der Waals surface area contributed by atoms with Crippen LogP contribution in [0.3, 0.4) is 0 Å². The van der Waals surface area contributed by atoms with Gasteiger partial charge in [-0.25, -0.2) is 0 Å². The van der Waals surface area contributed by atoms with E-state index in [1.54, 1.807) is 13.4 Å². The van der Waals surface area contributed by atoms with E-state index < -0.39 is 0 Å². The molecule has 0 aliphatic carbocycles. The van der Waals surface area contributed by atoms with Crippen LogP contribution in [0.1, 0.15) is 12.0 Å². The summed E-state index contributed by atoms with van der Waals surface area (Å²) in [6.07, 6.45) is 3.74. The van der Waals surface area contributed by atoms with Gasteiger partial charge in [-0.05, 0) is 40.0 Å². The smallest absolute Gasteiger partial charge is 0.176 e. The maximum atomic E-state index is 10.4. The first-order valence-electron chi connectivity index (χ1n) is 4.94. The second-order valence-corrected chi connectivity index (χ2v) is 4.21. The lowest BCUT2D eigenvalue weighted by Crippen LogP contribution is -1.92. The number of hydrogen-bond acceptors (Lipinski definition) is 3. The molecule has 3 nitrogen and oxygen atoms in total. The van der Waals surface area contributed by atoms with E-state index in [0.29, 0.717) is 18.6 Å². The van der Waals surface area contributed by atoms with Gasteiger partial charge < -0.3 is 13.9 Å². The Hall–Kier alpha value is -1.29. The van der Waals surface area contributed by atoms with Crippen molar-refractivity contribution in [3.05, 3.63) is 28.4 Å². The molecule has 1 aromatic carbocycles. The number of benzene rings is 1. The number of aryl methyl sites for hydroxylation is 1. The fourth-order valence-corrected chi connectivity index (χ4v) is 2.31. The molecule has 0 bridgehead atoms. The maximum absolute atomic E-state index is 10.4. The van der Waals surface area contributed by atoms with Crippen LogP contribution in [0.2, 0.25) is 0 Å². The van der Waals surface area contributed by atoms with Crippen molar-refractivity contribution in [1.82, 2.24) is 0 Å². The van der Waals surface area contributed by atoms with Crippen LogP contribution in [0.15, 0.2) is 27.3 Å². The van der Waals surface area contributed by atoms with E-state index >= 15 is 0 Å². The van der Waals surface area contributed by atoms with Crippen molar-refractivity contribution < 1.29 is 13.9 Å². The molecular formula is C12H11BrO3. The van der Waals surface area contributed by atoms with Gasteiger partial charge in [0.05, 0.1) is 13.4 Å². The van der Waals surface area contributed by atoms with Gasteiger partial charge in [0.1, 0.15) is 6.29 Å². The molecule has 0 spiro atoms. The monoisotopic (exact) mass is 282 g/mol. The molecule has 0 fully saturated rings. The van der Waals surface area contributed by atoms with E-state index in [2.05, 4.69) is 15.9 Å². The Morgan fingerprint density at radius 1 is 1.56 bits per heavy atom. The van der Waals surface area contributed by atoms with Crippen LogP contribution in [-0.2, 0) is 11.2 Å². The Morgan fingerprint density at radius 2 is 2.38 bits per heavy atom. The van der Waals surface area contributed by atoms with Gasteiger partial charge in [0.2, 0.25) is 0 Å². The van der Waals surface area contributed by atoms with Crippen LogP contribution in [-0.4, -0.2) is 13.4 Å². The molecule has 2 aromatic rings. The highest BCUT2D eigenvalue weighted by atomic mass is 79.9. The summed E-state index contributed by atoms with van der Waals surface area (Å²) in [6.45, 7) is 0. The predicted molar refractivity (Wildman–Crippen MR) is 64.9 cm³/mol. The fraction of sp³-hybridized carbons (Fsp3) is 0.250. The van der Waals surface area contributed by atoms with Crippen molar-refractivity contribution >= 4 is 33.2 Å². The summed E-state index contributed by atoms with van der Waals surface area (Å²) in [7, 11) is 1.61. The molecular weight excluding hydrogens is 272 g/mol. The molecule has 1 heterocycles. The van der Waals surface area contributed by atoms with Crippen LogP contribution >= 0.6 is 15.9 Å². The zero-order chi connectivity index (χ0) is 11.5. The van der Waals surface area contributed by atoms with Gasteiger partial charge in [0, 0.05) is 16.3 Å². The third kappa shape index (κ3) is 1.85. The second kappa shape index (κ2) is 4.70. The first kappa shape index (κ1) is 11.2. The summed E-state index contributed by atoms with van der Waals surface area (Å²) in [5, 5.41) is 0.972. The average molecular weight is 283 g/mol. The average Bonchev–Trinajstić information content (AvgIpc) is 2.78. The molecule has 0 saturated heterocycles. The van der Waals surface area contributed by atoms with Gasteiger partial charge in [0.15, 0.2) is 11.3 Å². The first-order valence-corrected chi connectivity index (χ1v) is 5.73. The third-order valence-electron chi connectivity index (χ3n) is 2.46. The van der Waals surface area contributed by atoms with Crippen LogP contribution < -0.4 is 4.74 Å². The van der Waals surface area contributed by atoms with Crippen LogP contribution in [0.5, 0.6) is 5.75 Å². The van der Waals surface area contributed by atoms with Crippen LogP contribution in [0, 0.1) is 0 Å². The zero-order valence-electron chi connectivity index (χ0n) is 8.83. The van der Waals surface area contributed by atoms with Crippen LogP contribution in [0.25, 0.3) is 11.0 Å². The topological polar surface area (TPSA) is 39.4 Å². The van der Waals surface area contributed by atoms with E-state index in [0.717, 1.165) is 27.3 Å². The highest BCUT2D eigenvalue weighted by Crippen LogP contribution is 2.36. The molecule has 16 heavy (non-hydrogen) atoms. The summed E-state index contributed by atoms with van der Waals surface area (Å²) in [4.78, 5) is 10.4. The van der Waals surface area contributed by atoms with Crippen molar-refractivity contribution in [2.75, 3.05) is 7.11 Å². The number of aldehydes is 1. The Kier molecular flexibility index (Phi) is 3.29.